The van der Waals surface area contributed by atoms with Crippen LogP contribution in [0.2, 0.25) is 5.02 Å². The first-order chi connectivity index (χ1) is 17.0. The number of halogens is 1. The second-order valence-corrected chi connectivity index (χ2v) is 10.2. The third kappa shape index (κ3) is 5.14. The zero-order chi connectivity index (χ0) is 24.3. The molecule has 0 aliphatic heterocycles. The molecular weight excluding hydrogens is 506 g/mol. The lowest BCUT2D eigenvalue weighted by Gasteiger charge is -2.15. The number of hydrogen-bond donors (Lipinski definition) is 1. The maximum atomic E-state index is 12.6. The number of sulfonamides is 1. The number of ether oxygens (including phenoxy) is 1. The van der Waals surface area contributed by atoms with Crippen molar-refractivity contribution in [3.8, 4) is 33.8 Å². The van der Waals surface area contributed by atoms with Gasteiger partial charge in [0, 0.05) is 11.1 Å². The Balaban J connectivity index is 1.49. The van der Waals surface area contributed by atoms with Gasteiger partial charge in [-0.25, -0.2) is 8.42 Å². The van der Waals surface area contributed by atoms with Crippen LogP contribution >= 0.6 is 22.9 Å². The van der Waals surface area contributed by atoms with Crippen LogP contribution in [0.1, 0.15) is 0 Å². The van der Waals surface area contributed by atoms with E-state index in [1.165, 1.54) is 23.7 Å². The highest BCUT2D eigenvalue weighted by atomic mass is 35.5. The van der Waals surface area contributed by atoms with Gasteiger partial charge in [-0.2, -0.15) is 10.2 Å². The van der Waals surface area contributed by atoms with Crippen molar-refractivity contribution in [2.24, 2.45) is 0 Å². The van der Waals surface area contributed by atoms with Crippen molar-refractivity contribution in [2.45, 2.75) is 4.90 Å². The summed E-state index contributed by atoms with van der Waals surface area (Å²) in [6.07, 6.45) is 3.25. The van der Waals surface area contributed by atoms with E-state index in [1.54, 1.807) is 12.4 Å². The minimum Gasteiger partial charge on any atom is -0.455 e. The predicted molar refractivity (Wildman–Crippen MR) is 135 cm³/mol. The molecule has 0 spiro atoms. The van der Waals surface area contributed by atoms with Gasteiger partial charge in [-0.05, 0) is 47.5 Å². The Morgan fingerprint density at radius 1 is 0.829 bits per heavy atom. The van der Waals surface area contributed by atoms with Crippen LogP contribution in [-0.4, -0.2) is 28.8 Å². The Kier molecular flexibility index (Phi) is 6.41. The molecule has 0 saturated heterocycles. The van der Waals surface area contributed by atoms with E-state index in [9.17, 15) is 8.42 Å². The first kappa shape index (κ1) is 22.9. The molecule has 0 saturated carbocycles. The lowest BCUT2D eigenvalue weighted by Crippen LogP contribution is -2.12. The van der Waals surface area contributed by atoms with Gasteiger partial charge in [0.1, 0.15) is 17.0 Å². The second-order valence-electron chi connectivity index (χ2n) is 7.25. The minimum absolute atomic E-state index is 0.0250. The molecule has 11 heteroatoms. The predicted octanol–water partition coefficient (Wildman–Crippen LogP) is 5.91. The van der Waals surface area contributed by atoms with Crippen LogP contribution in [-0.2, 0) is 10.0 Å². The third-order valence-electron chi connectivity index (χ3n) is 5.00. The Labute approximate surface area is 210 Å². The van der Waals surface area contributed by atoms with Gasteiger partial charge >= 0.3 is 0 Å². The molecular formula is C24H16ClN5O3S2. The van der Waals surface area contributed by atoms with Crippen molar-refractivity contribution < 1.29 is 13.2 Å². The van der Waals surface area contributed by atoms with Gasteiger partial charge in [0.25, 0.3) is 10.0 Å². The summed E-state index contributed by atoms with van der Waals surface area (Å²) >= 11 is 7.50. The molecule has 5 aromatic rings. The van der Waals surface area contributed by atoms with Gasteiger partial charge in [0.05, 0.1) is 22.3 Å². The zero-order valence-corrected chi connectivity index (χ0v) is 20.3. The Hall–Kier alpha value is -3.86. The zero-order valence-electron chi connectivity index (χ0n) is 17.9. The van der Waals surface area contributed by atoms with Crippen LogP contribution < -0.4 is 9.46 Å². The van der Waals surface area contributed by atoms with Crippen LogP contribution in [0.25, 0.3) is 22.3 Å². The summed E-state index contributed by atoms with van der Waals surface area (Å²) in [5.74, 6) is 0.833. The van der Waals surface area contributed by atoms with Crippen LogP contribution in [0.4, 0.5) is 5.13 Å². The molecule has 0 bridgehead atoms. The number of aromatic nitrogens is 4. The average Bonchev–Trinajstić information content (AvgIpc) is 3.39. The highest BCUT2D eigenvalue weighted by Gasteiger charge is 2.19. The summed E-state index contributed by atoms with van der Waals surface area (Å²) < 4.78 is 33.8. The van der Waals surface area contributed by atoms with Crippen molar-refractivity contribution in [3.63, 3.8) is 0 Å². The Bertz CT molecular complexity index is 1570. The molecule has 0 atom stereocenters. The van der Waals surface area contributed by atoms with Crippen LogP contribution in [0, 0.1) is 0 Å². The van der Waals surface area contributed by atoms with Crippen molar-refractivity contribution in [1.82, 2.24) is 20.4 Å². The third-order valence-corrected chi connectivity index (χ3v) is 7.37. The van der Waals surface area contributed by atoms with E-state index in [4.69, 9.17) is 16.3 Å². The Morgan fingerprint density at radius 2 is 1.66 bits per heavy atom. The molecule has 0 aliphatic carbocycles. The minimum atomic E-state index is -3.88. The molecule has 8 nitrogen and oxygen atoms in total. The van der Waals surface area contributed by atoms with Gasteiger partial charge in [-0.3, -0.25) is 4.72 Å². The number of nitrogens with one attached hydrogen (secondary N) is 1. The molecule has 0 amide bonds. The molecule has 5 rings (SSSR count). The number of nitrogens with zero attached hydrogens (tertiary/aromatic N) is 4. The molecule has 0 radical (unpaired) electrons. The Morgan fingerprint density at radius 3 is 2.37 bits per heavy atom. The molecule has 1 N–H and O–H groups in total. The lowest BCUT2D eigenvalue weighted by molar-refractivity contribution is 0.484. The number of hydrogen-bond acceptors (Lipinski definition) is 8. The van der Waals surface area contributed by atoms with Crippen LogP contribution in [0.3, 0.4) is 0 Å². The maximum absolute atomic E-state index is 12.6. The summed E-state index contributed by atoms with van der Waals surface area (Å²) in [7, 11) is -3.88. The SMILES string of the molecule is O=S(=O)(Nc1nncs1)c1ccc(Oc2ccc(-c3ccccc3)cc2-c2ccnnc2)c(Cl)c1. The van der Waals surface area contributed by atoms with Gasteiger partial charge in [-0.15, -0.1) is 10.2 Å². The van der Waals surface area contributed by atoms with Crippen molar-refractivity contribution >= 4 is 38.1 Å². The van der Waals surface area contributed by atoms with Crippen molar-refractivity contribution in [3.05, 3.63) is 95.7 Å². The van der Waals surface area contributed by atoms with E-state index < -0.39 is 10.0 Å². The number of anilines is 1. The van der Waals surface area contributed by atoms with Crippen LogP contribution in [0.5, 0.6) is 11.5 Å². The standard InChI is InChI=1S/C24H16ClN5O3S2/c25-21-13-19(35(31,32)30-24-29-28-15-34-24)7-9-23(21)33-22-8-6-17(16-4-2-1-3-5-16)12-20(22)18-10-11-26-27-14-18/h1-15H,(H,29,30). The highest BCUT2D eigenvalue weighted by Crippen LogP contribution is 2.39. The first-order valence-electron chi connectivity index (χ1n) is 10.2. The van der Waals surface area contributed by atoms with Gasteiger partial charge in [0.2, 0.25) is 5.13 Å². The van der Waals surface area contributed by atoms with E-state index >= 15 is 0 Å². The van der Waals surface area contributed by atoms with Gasteiger partial charge < -0.3 is 4.74 Å². The molecule has 2 aromatic heterocycles. The lowest BCUT2D eigenvalue weighted by atomic mass is 9.99. The summed E-state index contributed by atoms with van der Waals surface area (Å²) in [5.41, 5.74) is 5.08. The van der Waals surface area contributed by atoms with Crippen LogP contribution in [0.15, 0.2) is 95.6 Å². The molecule has 35 heavy (non-hydrogen) atoms. The summed E-state index contributed by atoms with van der Waals surface area (Å²) in [5, 5.41) is 15.5. The fourth-order valence-corrected chi connectivity index (χ4v) is 5.35. The van der Waals surface area contributed by atoms with E-state index in [0.29, 0.717) is 11.5 Å². The van der Waals surface area contributed by atoms with E-state index in [2.05, 4.69) is 25.1 Å². The summed E-state index contributed by atoms with van der Waals surface area (Å²) in [6, 6.07) is 21.8. The van der Waals surface area contributed by atoms with Crippen molar-refractivity contribution in [2.75, 3.05) is 4.72 Å². The normalized spacial score (nSPS) is 11.2. The molecule has 0 fully saturated rings. The van der Waals surface area contributed by atoms with Gasteiger partial charge in [0.15, 0.2) is 0 Å². The largest absolute Gasteiger partial charge is 0.455 e. The topological polar surface area (TPSA) is 107 Å². The summed E-state index contributed by atoms with van der Waals surface area (Å²) in [4.78, 5) is -0.0250. The maximum Gasteiger partial charge on any atom is 0.263 e. The smallest absolute Gasteiger partial charge is 0.263 e. The molecule has 0 aliphatic rings. The quantitative estimate of drug-likeness (QED) is 0.283. The van der Waals surface area contributed by atoms with E-state index in [1.807, 2.05) is 54.6 Å². The van der Waals surface area contributed by atoms with E-state index in [-0.39, 0.29) is 15.0 Å². The fraction of sp³-hybridized carbons (Fsp3) is 0. The second kappa shape index (κ2) is 9.79. The molecule has 174 valence electrons. The highest BCUT2D eigenvalue weighted by molar-refractivity contribution is 7.93. The van der Waals surface area contributed by atoms with Gasteiger partial charge in [-0.1, -0.05) is 59.3 Å². The first-order valence-corrected chi connectivity index (χ1v) is 13.0. The number of rotatable bonds is 7. The molecule has 3 aromatic carbocycles. The summed E-state index contributed by atoms with van der Waals surface area (Å²) in [6.45, 7) is 0. The molecule has 0 unspecified atom stereocenters. The fourth-order valence-electron chi connectivity index (χ4n) is 3.35. The van der Waals surface area contributed by atoms with E-state index in [0.717, 1.165) is 33.6 Å². The average molecular weight is 522 g/mol. The van der Waals surface area contributed by atoms with Crippen molar-refractivity contribution in [1.29, 1.82) is 0 Å². The monoisotopic (exact) mass is 521 g/mol. The molecule has 2 heterocycles. The number of benzene rings is 3.